The number of carbonyl (C=O) groups excluding carboxylic acids is 1. The SMILES string of the molecule is CCC1(C(=O)NC2(C(=O)O)CCC2)CCNC1. The number of hydrogen-bond acceptors (Lipinski definition) is 3. The zero-order chi connectivity index (χ0) is 12.5. The maximum absolute atomic E-state index is 12.3. The lowest BCUT2D eigenvalue weighted by Crippen LogP contribution is -2.62. The third kappa shape index (κ3) is 1.92. The molecule has 2 rings (SSSR count). The van der Waals surface area contributed by atoms with E-state index in [0.717, 1.165) is 25.8 Å². The first-order valence-corrected chi connectivity index (χ1v) is 6.31. The van der Waals surface area contributed by atoms with Crippen LogP contribution in [0.1, 0.15) is 39.0 Å². The first-order valence-electron chi connectivity index (χ1n) is 6.31. The molecule has 17 heavy (non-hydrogen) atoms. The van der Waals surface area contributed by atoms with Crippen molar-refractivity contribution in [2.75, 3.05) is 13.1 Å². The second-order valence-corrected chi connectivity index (χ2v) is 5.26. The maximum Gasteiger partial charge on any atom is 0.329 e. The number of rotatable bonds is 4. The Bertz CT molecular complexity index is 331. The summed E-state index contributed by atoms with van der Waals surface area (Å²) in [5, 5.41) is 15.2. The number of carbonyl (C=O) groups is 2. The number of carboxylic acid groups (broad SMARTS) is 1. The van der Waals surface area contributed by atoms with Gasteiger partial charge in [0.15, 0.2) is 0 Å². The Kier molecular flexibility index (Phi) is 3.12. The summed E-state index contributed by atoms with van der Waals surface area (Å²) >= 11 is 0. The normalized spacial score (nSPS) is 30.6. The molecule has 96 valence electrons. The quantitative estimate of drug-likeness (QED) is 0.668. The Hall–Kier alpha value is -1.10. The minimum atomic E-state index is -0.984. The van der Waals surface area contributed by atoms with Gasteiger partial charge in [0.2, 0.25) is 5.91 Å². The van der Waals surface area contributed by atoms with Gasteiger partial charge in [0.05, 0.1) is 5.41 Å². The number of aliphatic carboxylic acids is 1. The van der Waals surface area contributed by atoms with Crippen molar-refractivity contribution in [1.82, 2.24) is 10.6 Å². The molecule has 0 radical (unpaired) electrons. The molecule has 2 aliphatic rings. The lowest BCUT2D eigenvalue weighted by Gasteiger charge is -2.40. The van der Waals surface area contributed by atoms with E-state index < -0.39 is 16.9 Å². The Labute approximate surface area is 101 Å². The van der Waals surface area contributed by atoms with E-state index in [1.807, 2.05) is 6.92 Å². The topological polar surface area (TPSA) is 78.4 Å². The second kappa shape index (κ2) is 4.29. The van der Waals surface area contributed by atoms with E-state index in [1.165, 1.54) is 0 Å². The van der Waals surface area contributed by atoms with Gasteiger partial charge in [0.1, 0.15) is 5.54 Å². The fourth-order valence-electron chi connectivity index (χ4n) is 2.67. The predicted molar refractivity (Wildman–Crippen MR) is 62.6 cm³/mol. The molecular formula is C12H20N2O3. The van der Waals surface area contributed by atoms with E-state index in [1.54, 1.807) is 0 Å². The third-order valence-corrected chi connectivity index (χ3v) is 4.37. The summed E-state index contributed by atoms with van der Waals surface area (Å²) in [7, 11) is 0. The summed E-state index contributed by atoms with van der Waals surface area (Å²) in [5.74, 6) is -0.985. The van der Waals surface area contributed by atoms with Gasteiger partial charge in [0, 0.05) is 6.54 Å². The molecule has 0 aromatic rings. The second-order valence-electron chi connectivity index (χ2n) is 5.26. The lowest BCUT2D eigenvalue weighted by atomic mass is 9.74. The average Bonchev–Trinajstić information content (AvgIpc) is 2.72. The molecule has 0 spiro atoms. The van der Waals surface area contributed by atoms with E-state index in [2.05, 4.69) is 10.6 Å². The lowest BCUT2D eigenvalue weighted by molar-refractivity contribution is -0.153. The van der Waals surface area contributed by atoms with Crippen LogP contribution in [0.3, 0.4) is 0 Å². The van der Waals surface area contributed by atoms with Gasteiger partial charge in [-0.1, -0.05) is 6.92 Å². The standard InChI is InChI=1S/C12H20N2O3/c1-2-11(6-7-13-8-11)9(15)14-12(10(16)17)4-3-5-12/h13H,2-8H2,1H3,(H,14,15)(H,16,17). The van der Waals surface area contributed by atoms with Crippen LogP contribution in [0, 0.1) is 5.41 Å². The molecule has 0 bridgehead atoms. The molecule has 0 aromatic carbocycles. The predicted octanol–water partition coefficient (Wildman–Crippen LogP) is 0.500. The van der Waals surface area contributed by atoms with Crippen molar-refractivity contribution in [3.63, 3.8) is 0 Å². The molecule has 2 fully saturated rings. The zero-order valence-corrected chi connectivity index (χ0v) is 10.2. The maximum atomic E-state index is 12.3. The van der Waals surface area contributed by atoms with Crippen LogP contribution in [-0.4, -0.2) is 35.6 Å². The van der Waals surface area contributed by atoms with Gasteiger partial charge in [-0.3, -0.25) is 4.79 Å². The van der Waals surface area contributed by atoms with E-state index in [4.69, 9.17) is 0 Å². The van der Waals surface area contributed by atoms with Crippen LogP contribution in [0.15, 0.2) is 0 Å². The van der Waals surface area contributed by atoms with E-state index in [0.29, 0.717) is 19.4 Å². The van der Waals surface area contributed by atoms with Crippen LogP contribution in [0.4, 0.5) is 0 Å². The largest absolute Gasteiger partial charge is 0.480 e. The van der Waals surface area contributed by atoms with E-state index in [9.17, 15) is 14.7 Å². The Balaban J connectivity index is 2.07. The highest BCUT2D eigenvalue weighted by Gasteiger charge is 2.49. The number of carboxylic acids is 1. The monoisotopic (exact) mass is 240 g/mol. The highest BCUT2D eigenvalue weighted by Crippen LogP contribution is 2.36. The average molecular weight is 240 g/mol. The highest BCUT2D eigenvalue weighted by molar-refractivity contribution is 5.91. The van der Waals surface area contributed by atoms with Crippen LogP contribution in [0.2, 0.25) is 0 Å². The molecule has 1 unspecified atom stereocenters. The highest BCUT2D eigenvalue weighted by atomic mass is 16.4. The Morgan fingerprint density at radius 2 is 2.06 bits per heavy atom. The van der Waals surface area contributed by atoms with Crippen molar-refractivity contribution in [3.05, 3.63) is 0 Å². The first-order chi connectivity index (χ1) is 8.05. The van der Waals surface area contributed by atoms with Crippen LogP contribution in [0.25, 0.3) is 0 Å². The van der Waals surface area contributed by atoms with Crippen molar-refractivity contribution in [2.45, 2.75) is 44.6 Å². The fraction of sp³-hybridized carbons (Fsp3) is 0.833. The van der Waals surface area contributed by atoms with Crippen molar-refractivity contribution >= 4 is 11.9 Å². The summed E-state index contributed by atoms with van der Waals surface area (Å²) in [6.07, 6.45) is 3.54. The number of amides is 1. The van der Waals surface area contributed by atoms with Gasteiger partial charge in [-0.15, -0.1) is 0 Å². The van der Waals surface area contributed by atoms with Gasteiger partial charge < -0.3 is 15.7 Å². The molecule has 1 saturated carbocycles. The Morgan fingerprint density at radius 1 is 1.35 bits per heavy atom. The van der Waals surface area contributed by atoms with Crippen molar-refractivity contribution in [3.8, 4) is 0 Å². The van der Waals surface area contributed by atoms with Crippen LogP contribution >= 0.6 is 0 Å². The van der Waals surface area contributed by atoms with Gasteiger partial charge in [0.25, 0.3) is 0 Å². The van der Waals surface area contributed by atoms with Crippen LogP contribution in [0.5, 0.6) is 0 Å². The van der Waals surface area contributed by atoms with Gasteiger partial charge >= 0.3 is 5.97 Å². The van der Waals surface area contributed by atoms with Crippen molar-refractivity contribution in [2.24, 2.45) is 5.41 Å². The molecule has 1 atom stereocenters. The summed E-state index contributed by atoms with van der Waals surface area (Å²) in [4.78, 5) is 23.5. The number of nitrogens with one attached hydrogen (secondary N) is 2. The summed E-state index contributed by atoms with van der Waals surface area (Å²) in [6, 6.07) is 0. The van der Waals surface area contributed by atoms with Gasteiger partial charge in [-0.2, -0.15) is 0 Å². The van der Waals surface area contributed by atoms with Crippen LogP contribution < -0.4 is 10.6 Å². The number of hydrogen-bond donors (Lipinski definition) is 3. The van der Waals surface area contributed by atoms with E-state index in [-0.39, 0.29) is 5.91 Å². The molecule has 5 nitrogen and oxygen atoms in total. The first kappa shape index (κ1) is 12.4. The molecule has 1 saturated heterocycles. The minimum absolute atomic E-state index is 0.0906. The molecule has 0 aromatic heterocycles. The molecule has 1 amide bonds. The molecule has 1 heterocycles. The fourth-order valence-corrected chi connectivity index (χ4v) is 2.67. The molecule has 1 aliphatic carbocycles. The van der Waals surface area contributed by atoms with Crippen molar-refractivity contribution in [1.29, 1.82) is 0 Å². The molecule has 3 N–H and O–H groups in total. The zero-order valence-electron chi connectivity index (χ0n) is 10.2. The summed E-state index contributed by atoms with van der Waals surface area (Å²) < 4.78 is 0. The Morgan fingerprint density at radius 3 is 2.41 bits per heavy atom. The van der Waals surface area contributed by atoms with Crippen LogP contribution in [-0.2, 0) is 9.59 Å². The minimum Gasteiger partial charge on any atom is -0.480 e. The molecule has 1 aliphatic heterocycles. The third-order valence-electron chi connectivity index (χ3n) is 4.37. The molecule has 5 heteroatoms. The van der Waals surface area contributed by atoms with Crippen molar-refractivity contribution < 1.29 is 14.7 Å². The van der Waals surface area contributed by atoms with E-state index >= 15 is 0 Å². The smallest absolute Gasteiger partial charge is 0.329 e. The van der Waals surface area contributed by atoms with Gasteiger partial charge in [-0.05, 0) is 38.6 Å². The summed E-state index contributed by atoms with van der Waals surface area (Å²) in [5.41, 5.74) is -1.39. The molecular weight excluding hydrogens is 220 g/mol. The van der Waals surface area contributed by atoms with Gasteiger partial charge in [-0.25, -0.2) is 4.79 Å². The summed E-state index contributed by atoms with van der Waals surface area (Å²) in [6.45, 7) is 3.48.